The maximum atomic E-state index is 12.4. The summed E-state index contributed by atoms with van der Waals surface area (Å²) in [4.78, 5) is 24.6. The quantitative estimate of drug-likeness (QED) is 0.478. The molecule has 0 radical (unpaired) electrons. The molecule has 0 unspecified atom stereocenters. The Balaban J connectivity index is 1.45. The van der Waals surface area contributed by atoms with Crippen molar-refractivity contribution in [1.82, 2.24) is 0 Å². The molecule has 2 atom stereocenters. The summed E-state index contributed by atoms with van der Waals surface area (Å²) >= 11 is 0. The van der Waals surface area contributed by atoms with Crippen LogP contribution in [-0.2, 0) is 20.9 Å². The Morgan fingerprint density at radius 2 is 1.45 bits per heavy atom. The summed E-state index contributed by atoms with van der Waals surface area (Å²) < 4.78 is 11.1. The fraction of sp³-hybridized carbons (Fsp3) is 0.231. The Hall–Kier alpha value is -3.60. The standard InChI is InChI=1S/C26H27NO4/c1-19(22-11-7-4-8-12-22)17-25(28)31-20(2)26(29)27-23-13-15-24(16-14-23)30-18-21-9-5-3-6-10-21/h3-16,19-20H,17-18H2,1-2H3,(H,27,29)/t19-,20-/m0/s1. The topological polar surface area (TPSA) is 64.6 Å². The first kappa shape index (κ1) is 22.1. The monoisotopic (exact) mass is 417 g/mol. The maximum absolute atomic E-state index is 12.4. The van der Waals surface area contributed by atoms with Gasteiger partial charge in [-0.2, -0.15) is 0 Å². The molecule has 0 aliphatic rings. The number of hydrogen-bond acceptors (Lipinski definition) is 4. The Morgan fingerprint density at radius 3 is 2.10 bits per heavy atom. The van der Waals surface area contributed by atoms with E-state index in [2.05, 4.69) is 5.32 Å². The van der Waals surface area contributed by atoms with Crippen molar-refractivity contribution in [3.8, 4) is 5.75 Å². The SMILES string of the molecule is C[C@H](OC(=O)C[C@H](C)c1ccccc1)C(=O)Nc1ccc(OCc2ccccc2)cc1. The molecule has 0 aliphatic heterocycles. The highest BCUT2D eigenvalue weighted by Gasteiger charge is 2.20. The van der Waals surface area contributed by atoms with Gasteiger partial charge in [-0.1, -0.05) is 67.6 Å². The van der Waals surface area contributed by atoms with E-state index in [9.17, 15) is 9.59 Å². The minimum atomic E-state index is -0.885. The molecule has 0 aromatic heterocycles. The van der Waals surface area contributed by atoms with Gasteiger partial charge in [-0.05, 0) is 48.2 Å². The summed E-state index contributed by atoms with van der Waals surface area (Å²) in [5.41, 5.74) is 2.75. The van der Waals surface area contributed by atoms with Crippen molar-refractivity contribution in [2.75, 3.05) is 5.32 Å². The van der Waals surface area contributed by atoms with E-state index in [1.54, 1.807) is 31.2 Å². The van der Waals surface area contributed by atoms with Crippen LogP contribution in [0.1, 0.15) is 37.3 Å². The van der Waals surface area contributed by atoms with Crippen LogP contribution in [0.5, 0.6) is 5.75 Å². The number of hydrogen-bond donors (Lipinski definition) is 1. The third kappa shape index (κ3) is 7.00. The van der Waals surface area contributed by atoms with E-state index >= 15 is 0 Å². The molecule has 0 fully saturated rings. The lowest BCUT2D eigenvalue weighted by molar-refractivity contribution is -0.153. The van der Waals surface area contributed by atoms with Gasteiger partial charge in [0, 0.05) is 5.69 Å². The van der Waals surface area contributed by atoms with Crippen LogP contribution in [0, 0.1) is 0 Å². The van der Waals surface area contributed by atoms with Crippen molar-refractivity contribution >= 4 is 17.6 Å². The molecule has 5 nitrogen and oxygen atoms in total. The average Bonchev–Trinajstić information content (AvgIpc) is 2.79. The minimum Gasteiger partial charge on any atom is -0.489 e. The first-order valence-electron chi connectivity index (χ1n) is 10.3. The van der Waals surface area contributed by atoms with E-state index in [4.69, 9.17) is 9.47 Å². The molecule has 0 aliphatic carbocycles. The molecular weight excluding hydrogens is 390 g/mol. The van der Waals surface area contributed by atoms with Crippen LogP contribution in [0.25, 0.3) is 0 Å². The van der Waals surface area contributed by atoms with Crippen molar-refractivity contribution in [3.63, 3.8) is 0 Å². The average molecular weight is 418 g/mol. The Morgan fingerprint density at radius 1 is 0.839 bits per heavy atom. The first-order valence-corrected chi connectivity index (χ1v) is 10.3. The lowest BCUT2D eigenvalue weighted by Gasteiger charge is -2.16. The predicted octanol–water partition coefficient (Wildman–Crippen LogP) is 5.33. The lowest BCUT2D eigenvalue weighted by atomic mass is 9.98. The van der Waals surface area contributed by atoms with Crippen molar-refractivity contribution in [2.24, 2.45) is 0 Å². The minimum absolute atomic E-state index is 0.0207. The normalized spacial score (nSPS) is 12.5. The van der Waals surface area contributed by atoms with Gasteiger partial charge in [0.15, 0.2) is 6.10 Å². The molecule has 1 amide bonds. The molecule has 3 aromatic carbocycles. The zero-order valence-corrected chi connectivity index (χ0v) is 17.8. The molecule has 0 saturated carbocycles. The Bertz CT molecular complexity index is 971. The van der Waals surface area contributed by atoms with Crippen LogP contribution in [0.15, 0.2) is 84.9 Å². The summed E-state index contributed by atoms with van der Waals surface area (Å²) in [6.07, 6.45) is -0.667. The fourth-order valence-corrected chi connectivity index (χ4v) is 3.07. The van der Waals surface area contributed by atoms with Gasteiger partial charge in [0.25, 0.3) is 5.91 Å². The second-order valence-corrected chi connectivity index (χ2v) is 7.44. The Kier molecular flexibility index (Phi) is 7.82. The molecule has 3 aromatic rings. The lowest BCUT2D eigenvalue weighted by Crippen LogP contribution is -2.30. The van der Waals surface area contributed by atoms with E-state index in [0.29, 0.717) is 18.0 Å². The van der Waals surface area contributed by atoms with Gasteiger partial charge in [-0.25, -0.2) is 0 Å². The molecular formula is C26H27NO4. The second-order valence-electron chi connectivity index (χ2n) is 7.44. The number of esters is 1. The van der Waals surface area contributed by atoms with E-state index < -0.39 is 12.1 Å². The molecule has 0 saturated heterocycles. The zero-order valence-electron chi connectivity index (χ0n) is 17.8. The molecule has 0 spiro atoms. The third-order valence-electron chi connectivity index (χ3n) is 4.89. The number of anilines is 1. The van der Waals surface area contributed by atoms with Gasteiger partial charge in [-0.3, -0.25) is 9.59 Å². The van der Waals surface area contributed by atoms with Gasteiger partial charge < -0.3 is 14.8 Å². The molecule has 5 heteroatoms. The van der Waals surface area contributed by atoms with Crippen LogP contribution < -0.4 is 10.1 Å². The number of benzene rings is 3. The number of amides is 1. The van der Waals surface area contributed by atoms with Crippen molar-refractivity contribution in [2.45, 2.75) is 38.9 Å². The van der Waals surface area contributed by atoms with Gasteiger partial charge in [-0.15, -0.1) is 0 Å². The van der Waals surface area contributed by atoms with E-state index in [1.807, 2.05) is 67.6 Å². The molecule has 0 bridgehead atoms. The summed E-state index contributed by atoms with van der Waals surface area (Å²) in [6, 6.07) is 26.7. The summed E-state index contributed by atoms with van der Waals surface area (Å²) in [6.45, 7) is 4.00. The van der Waals surface area contributed by atoms with Crippen LogP contribution >= 0.6 is 0 Å². The number of carbonyl (C=O) groups is 2. The highest BCUT2D eigenvalue weighted by molar-refractivity contribution is 5.95. The smallest absolute Gasteiger partial charge is 0.307 e. The predicted molar refractivity (Wildman–Crippen MR) is 121 cm³/mol. The molecule has 160 valence electrons. The van der Waals surface area contributed by atoms with Crippen LogP contribution in [0.2, 0.25) is 0 Å². The number of ether oxygens (including phenoxy) is 2. The highest BCUT2D eigenvalue weighted by atomic mass is 16.5. The van der Waals surface area contributed by atoms with E-state index in [0.717, 1.165) is 11.1 Å². The van der Waals surface area contributed by atoms with Crippen LogP contribution in [0.4, 0.5) is 5.69 Å². The van der Waals surface area contributed by atoms with Crippen molar-refractivity contribution in [1.29, 1.82) is 0 Å². The number of rotatable bonds is 9. The number of nitrogens with one attached hydrogen (secondary N) is 1. The van der Waals surface area contributed by atoms with Gasteiger partial charge in [0.2, 0.25) is 0 Å². The summed E-state index contributed by atoms with van der Waals surface area (Å²) in [7, 11) is 0. The fourth-order valence-electron chi connectivity index (χ4n) is 3.07. The maximum Gasteiger partial charge on any atom is 0.307 e. The molecule has 31 heavy (non-hydrogen) atoms. The van der Waals surface area contributed by atoms with Gasteiger partial charge >= 0.3 is 5.97 Å². The van der Waals surface area contributed by atoms with Gasteiger partial charge in [0.1, 0.15) is 12.4 Å². The summed E-state index contributed by atoms with van der Waals surface area (Å²) in [5, 5.41) is 2.76. The Labute approximate surface area is 183 Å². The van der Waals surface area contributed by atoms with E-state index in [-0.39, 0.29) is 18.2 Å². The molecule has 1 N–H and O–H groups in total. The molecule has 0 heterocycles. The van der Waals surface area contributed by atoms with Gasteiger partial charge in [0.05, 0.1) is 6.42 Å². The highest BCUT2D eigenvalue weighted by Crippen LogP contribution is 2.20. The second kappa shape index (κ2) is 11.0. The van der Waals surface area contributed by atoms with Crippen LogP contribution in [0.3, 0.4) is 0 Å². The zero-order chi connectivity index (χ0) is 22.1. The van der Waals surface area contributed by atoms with Crippen molar-refractivity contribution < 1.29 is 19.1 Å². The molecule has 3 rings (SSSR count). The van der Waals surface area contributed by atoms with Crippen molar-refractivity contribution in [3.05, 3.63) is 96.1 Å². The largest absolute Gasteiger partial charge is 0.489 e. The third-order valence-corrected chi connectivity index (χ3v) is 4.89. The number of carbonyl (C=O) groups excluding carboxylic acids is 2. The first-order chi connectivity index (χ1) is 15.0. The van der Waals surface area contributed by atoms with Crippen LogP contribution in [-0.4, -0.2) is 18.0 Å². The van der Waals surface area contributed by atoms with E-state index in [1.165, 1.54) is 0 Å². The summed E-state index contributed by atoms with van der Waals surface area (Å²) in [5.74, 6) is -0.0500.